The first-order valence-corrected chi connectivity index (χ1v) is 7.78. The molecule has 0 aromatic carbocycles. The molecule has 5 heteroatoms. The van der Waals surface area contributed by atoms with Gasteiger partial charge in [0.2, 0.25) is 0 Å². The number of methoxy groups -OCH3 is 2. The average molecular weight is 282 g/mol. The molecule has 1 aliphatic rings. The maximum Gasteiger partial charge on any atom is 0.183 e. The number of aromatic nitrogens is 1. The molecular weight excluding hydrogens is 260 g/mol. The van der Waals surface area contributed by atoms with Crippen LogP contribution < -0.4 is 14.8 Å². The van der Waals surface area contributed by atoms with E-state index in [9.17, 15) is 0 Å². The van der Waals surface area contributed by atoms with Crippen LogP contribution in [0, 0.1) is 0 Å². The van der Waals surface area contributed by atoms with E-state index < -0.39 is 0 Å². The Labute approximate surface area is 119 Å². The van der Waals surface area contributed by atoms with E-state index in [2.05, 4.69) is 22.1 Å². The van der Waals surface area contributed by atoms with Gasteiger partial charge in [-0.05, 0) is 18.6 Å². The average Bonchev–Trinajstić information content (AvgIpc) is 2.48. The molecule has 0 radical (unpaired) electrons. The number of nitrogens with zero attached hydrogens (tertiary/aromatic N) is 1. The van der Waals surface area contributed by atoms with Crippen LogP contribution in [-0.2, 0) is 6.54 Å². The van der Waals surface area contributed by atoms with Crippen LogP contribution in [0.4, 0.5) is 0 Å². The lowest BCUT2D eigenvalue weighted by Crippen LogP contribution is -2.26. The number of hydrogen-bond donors (Lipinski definition) is 1. The quantitative estimate of drug-likeness (QED) is 0.868. The number of rotatable bonds is 6. The number of nitrogens with one attached hydrogen (secondary N) is 1. The van der Waals surface area contributed by atoms with Crippen LogP contribution >= 0.6 is 11.8 Å². The van der Waals surface area contributed by atoms with Gasteiger partial charge in [-0.25, -0.2) is 0 Å². The number of hydrogen-bond acceptors (Lipinski definition) is 5. The van der Waals surface area contributed by atoms with E-state index in [1.54, 1.807) is 20.4 Å². The van der Waals surface area contributed by atoms with Crippen LogP contribution in [0.15, 0.2) is 12.3 Å². The smallest absolute Gasteiger partial charge is 0.183 e. The van der Waals surface area contributed by atoms with Crippen LogP contribution in [0.5, 0.6) is 11.5 Å². The molecule has 1 unspecified atom stereocenters. The maximum atomic E-state index is 5.38. The summed E-state index contributed by atoms with van der Waals surface area (Å²) in [5.41, 5.74) is 0.905. The molecule has 0 spiro atoms. The van der Waals surface area contributed by atoms with E-state index in [1.165, 1.54) is 25.0 Å². The van der Waals surface area contributed by atoms with E-state index >= 15 is 0 Å². The summed E-state index contributed by atoms with van der Waals surface area (Å²) in [4.78, 5) is 4.37. The molecule has 0 amide bonds. The SMILES string of the molecule is COc1ccnc(CNCC2CCCCS2)c1OC. The van der Waals surface area contributed by atoms with Crippen molar-refractivity contribution in [2.45, 2.75) is 31.1 Å². The lowest BCUT2D eigenvalue weighted by molar-refractivity contribution is 0.348. The molecular formula is C14H22N2O2S. The summed E-state index contributed by atoms with van der Waals surface area (Å²) in [5.74, 6) is 2.77. The van der Waals surface area contributed by atoms with E-state index in [4.69, 9.17) is 9.47 Å². The predicted molar refractivity (Wildman–Crippen MR) is 79.1 cm³/mol. The van der Waals surface area contributed by atoms with Crippen molar-refractivity contribution in [3.8, 4) is 11.5 Å². The fraction of sp³-hybridized carbons (Fsp3) is 0.643. The molecule has 1 fully saturated rings. The Hall–Kier alpha value is -0.940. The lowest BCUT2D eigenvalue weighted by Gasteiger charge is -2.21. The van der Waals surface area contributed by atoms with Gasteiger partial charge in [0, 0.05) is 30.6 Å². The van der Waals surface area contributed by atoms with Crippen LogP contribution in [0.2, 0.25) is 0 Å². The fourth-order valence-electron chi connectivity index (χ4n) is 2.30. The normalized spacial score (nSPS) is 19.2. The molecule has 1 saturated heterocycles. The van der Waals surface area contributed by atoms with Gasteiger partial charge in [0.1, 0.15) is 0 Å². The second kappa shape index (κ2) is 7.60. The molecule has 1 aromatic rings. The standard InChI is InChI=1S/C14H22N2O2S/c1-17-13-6-7-16-12(14(13)18-2)10-15-9-11-5-3-4-8-19-11/h6-7,11,15H,3-5,8-10H2,1-2H3. The third-order valence-corrected chi connectivity index (χ3v) is 4.70. The van der Waals surface area contributed by atoms with Gasteiger partial charge in [0.15, 0.2) is 11.5 Å². The molecule has 1 aliphatic heterocycles. The first kappa shape index (κ1) is 14.5. The Morgan fingerprint density at radius 3 is 2.95 bits per heavy atom. The molecule has 19 heavy (non-hydrogen) atoms. The van der Waals surface area contributed by atoms with Crippen molar-refractivity contribution in [3.63, 3.8) is 0 Å². The highest BCUT2D eigenvalue weighted by molar-refractivity contribution is 7.99. The van der Waals surface area contributed by atoms with Crippen LogP contribution in [0.1, 0.15) is 25.0 Å². The summed E-state index contributed by atoms with van der Waals surface area (Å²) in [6, 6.07) is 1.82. The van der Waals surface area contributed by atoms with Crippen LogP contribution in [0.3, 0.4) is 0 Å². The van der Waals surface area contributed by atoms with Crippen molar-refractivity contribution in [3.05, 3.63) is 18.0 Å². The van der Waals surface area contributed by atoms with Gasteiger partial charge in [0.25, 0.3) is 0 Å². The van der Waals surface area contributed by atoms with Gasteiger partial charge in [-0.3, -0.25) is 4.98 Å². The summed E-state index contributed by atoms with van der Waals surface area (Å²) in [5, 5.41) is 4.22. The Morgan fingerprint density at radius 1 is 1.37 bits per heavy atom. The Balaban J connectivity index is 1.88. The molecule has 1 atom stereocenters. The monoisotopic (exact) mass is 282 g/mol. The molecule has 2 rings (SSSR count). The second-order valence-electron chi connectivity index (χ2n) is 4.61. The Morgan fingerprint density at radius 2 is 2.26 bits per heavy atom. The van der Waals surface area contributed by atoms with Crippen molar-refractivity contribution in [2.75, 3.05) is 26.5 Å². The number of thioether (sulfide) groups is 1. The maximum absolute atomic E-state index is 5.38. The number of ether oxygens (including phenoxy) is 2. The van der Waals surface area contributed by atoms with Crippen molar-refractivity contribution < 1.29 is 9.47 Å². The van der Waals surface area contributed by atoms with Gasteiger partial charge in [-0.1, -0.05) is 6.42 Å². The number of pyridine rings is 1. The molecule has 0 saturated carbocycles. The van der Waals surface area contributed by atoms with E-state index in [0.29, 0.717) is 0 Å². The minimum atomic E-state index is 0.720. The van der Waals surface area contributed by atoms with Gasteiger partial charge in [0.05, 0.1) is 19.9 Å². The molecule has 0 aliphatic carbocycles. The largest absolute Gasteiger partial charge is 0.493 e. The Bertz CT molecular complexity index is 395. The lowest BCUT2D eigenvalue weighted by atomic mass is 10.2. The summed E-state index contributed by atoms with van der Waals surface area (Å²) in [6.07, 6.45) is 5.81. The molecule has 1 N–H and O–H groups in total. The third-order valence-electron chi connectivity index (χ3n) is 3.30. The summed E-state index contributed by atoms with van der Waals surface area (Å²) >= 11 is 2.08. The Kier molecular flexibility index (Phi) is 5.79. The minimum absolute atomic E-state index is 0.720. The van der Waals surface area contributed by atoms with Crippen molar-refractivity contribution in [2.24, 2.45) is 0 Å². The van der Waals surface area contributed by atoms with Crippen molar-refractivity contribution >= 4 is 11.8 Å². The van der Waals surface area contributed by atoms with Crippen molar-refractivity contribution in [1.82, 2.24) is 10.3 Å². The fourth-order valence-corrected chi connectivity index (χ4v) is 3.57. The molecule has 1 aromatic heterocycles. The van der Waals surface area contributed by atoms with Gasteiger partial charge in [-0.2, -0.15) is 11.8 Å². The van der Waals surface area contributed by atoms with Gasteiger partial charge < -0.3 is 14.8 Å². The first-order valence-electron chi connectivity index (χ1n) is 6.73. The highest BCUT2D eigenvalue weighted by Crippen LogP contribution is 2.29. The van der Waals surface area contributed by atoms with E-state index in [0.717, 1.165) is 35.5 Å². The molecule has 2 heterocycles. The van der Waals surface area contributed by atoms with Gasteiger partial charge in [-0.15, -0.1) is 0 Å². The van der Waals surface area contributed by atoms with Crippen LogP contribution in [0.25, 0.3) is 0 Å². The summed E-state index contributed by atoms with van der Waals surface area (Å²) in [7, 11) is 3.30. The zero-order valence-electron chi connectivity index (χ0n) is 11.6. The predicted octanol–water partition coefficient (Wildman–Crippen LogP) is 2.47. The van der Waals surface area contributed by atoms with E-state index in [1.807, 2.05) is 6.07 Å². The molecule has 0 bridgehead atoms. The van der Waals surface area contributed by atoms with E-state index in [-0.39, 0.29) is 0 Å². The zero-order valence-corrected chi connectivity index (χ0v) is 12.5. The summed E-state index contributed by atoms with van der Waals surface area (Å²) in [6.45, 7) is 1.75. The van der Waals surface area contributed by atoms with Crippen molar-refractivity contribution in [1.29, 1.82) is 0 Å². The first-order chi connectivity index (χ1) is 9.35. The topological polar surface area (TPSA) is 43.4 Å². The zero-order chi connectivity index (χ0) is 13.5. The minimum Gasteiger partial charge on any atom is -0.493 e. The van der Waals surface area contributed by atoms with Crippen LogP contribution in [-0.4, -0.2) is 36.8 Å². The van der Waals surface area contributed by atoms with Gasteiger partial charge >= 0.3 is 0 Å². The second-order valence-corrected chi connectivity index (χ2v) is 6.02. The third kappa shape index (κ3) is 4.01. The highest BCUT2D eigenvalue weighted by atomic mass is 32.2. The highest BCUT2D eigenvalue weighted by Gasteiger charge is 2.15. The molecule has 106 valence electrons. The molecule has 4 nitrogen and oxygen atoms in total. The summed E-state index contributed by atoms with van der Waals surface area (Å²) < 4.78 is 10.7.